The second-order valence-corrected chi connectivity index (χ2v) is 6.72. The third kappa shape index (κ3) is 5.59. The van der Waals surface area contributed by atoms with Gasteiger partial charge in [-0.2, -0.15) is 0 Å². The number of aryl methyl sites for hydroxylation is 1. The highest BCUT2D eigenvalue weighted by atomic mass is 32.2. The molecule has 2 aromatic rings. The lowest BCUT2D eigenvalue weighted by molar-refractivity contribution is 0.243. The van der Waals surface area contributed by atoms with E-state index in [-0.39, 0.29) is 11.1 Å². The van der Waals surface area contributed by atoms with Crippen molar-refractivity contribution in [1.82, 2.24) is 0 Å². The SMILES string of the molecule is CC.CC.Cc1cc(=O)oc2cc(OC3CC(C)CCS3)ccc12. The zero-order chi connectivity index (χ0) is 18.1. The van der Waals surface area contributed by atoms with Gasteiger partial charge in [0.1, 0.15) is 16.8 Å². The van der Waals surface area contributed by atoms with Crippen molar-refractivity contribution in [3.63, 3.8) is 0 Å². The van der Waals surface area contributed by atoms with Gasteiger partial charge in [-0.3, -0.25) is 0 Å². The largest absolute Gasteiger partial charge is 0.480 e. The molecule has 2 unspecified atom stereocenters. The van der Waals surface area contributed by atoms with Gasteiger partial charge >= 0.3 is 5.63 Å². The van der Waals surface area contributed by atoms with Crippen LogP contribution >= 0.6 is 11.8 Å². The van der Waals surface area contributed by atoms with Crippen molar-refractivity contribution in [1.29, 1.82) is 0 Å². The lowest BCUT2D eigenvalue weighted by atomic mass is 10.1. The van der Waals surface area contributed by atoms with Gasteiger partial charge in [-0.1, -0.05) is 34.6 Å². The number of fused-ring (bicyclic) bond motifs is 1. The maximum atomic E-state index is 11.4. The fraction of sp³-hybridized carbons (Fsp3) is 0.550. The minimum atomic E-state index is -0.312. The average Bonchev–Trinajstić information content (AvgIpc) is 2.58. The van der Waals surface area contributed by atoms with Crippen LogP contribution in [-0.4, -0.2) is 11.2 Å². The van der Waals surface area contributed by atoms with Crippen LogP contribution in [0.2, 0.25) is 0 Å². The molecule has 0 radical (unpaired) electrons. The zero-order valence-electron chi connectivity index (χ0n) is 15.7. The molecule has 134 valence electrons. The summed E-state index contributed by atoms with van der Waals surface area (Å²) < 4.78 is 11.3. The van der Waals surface area contributed by atoms with Crippen molar-refractivity contribution in [3.05, 3.63) is 40.2 Å². The molecule has 1 aliphatic heterocycles. The van der Waals surface area contributed by atoms with E-state index in [1.54, 1.807) is 0 Å². The lowest BCUT2D eigenvalue weighted by Crippen LogP contribution is -2.21. The Hall–Kier alpha value is -1.42. The second kappa shape index (κ2) is 10.4. The zero-order valence-corrected chi connectivity index (χ0v) is 16.5. The van der Waals surface area contributed by atoms with Crippen LogP contribution in [0, 0.1) is 12.8 Å². The molecule has 0 amide bonds. The monoisotopic (exact) mass is 350 g/mol. The Morgan fingerprint density at radius 1 is 1.17 bits per heavy atom. The summed E-state index contributed by atoms with van der Waals surface area (Å²) in [6, 6.07) is 7.25. The molecule has 1 aromatic heterocycles. The molecule has 1 aliphatic rings. The maximum Gasteiger partial charge on any atom is 0.336 e. The van der Waals surface area contributed by atoms with Crippen LogP contribution in [0.1, 0.15) is 53.0 Å². The predicted molar refractivity (Wildman–Crippen MR) is 105 cm³/mol. The van der Waals surface area contributed by atoms with Crippen LogP contribution in [-0.2, 0) is 0 Å². The Morgan fingerprint density at radius 2 is 1.88 bits per heavy atom. The minimum absolute atomic E-state index is 0.202. The maximum absolute atomic E-state index is 11.4. The van der Waals surface area contributed by atoms with E-state index < -0.39 is 0 Å². The molecule has 2 atom stereocenters. The van der Waals surface area contributed by atoms with E-state index in [1.807, 2.05) is 64.6 Å². The van der Waals surface area contributed by atoms with Gasteiger partial charge in [-0.15, -0.1) is 11.8 Å². The quantitative estimate of drug-likeness (QED) is 0.621. The summed E-state index contributed by atoms with van der Waals surface area (Å²) in [6.07, 6.45) is 2.33. The van der Waals surface area contributed by atoms with Crippen molar-refractivity contribution in [2.24, 2.45) is 5.92 Å². The standard InChI is InChI=1S/C16H18O3S.2C2H6/c1-10-5-6-20-16(7-10)18-12-3-4-13-11(2)8-15(17)19-14(13)9-12;2*1-2/h3-4,8-10,16H,5-7H2,1-2H3;2*1-2H3. The molecule has 3 nitrogen and oxygen atoms in total. The molecule has 1 aromatic carbocycles. The molecule has 1 fully saturated rings. The van der Waals surface area contributed by atoms with E-state index in [9.17, 15) is 4.79 Å². The molecule has 0 saturated carbocycles. The van der Waals surface area contributed by atoms with E-state index in [1.165, 1.54) is 12.5 Å². The summed E-state index contributed by atoms with van der Waals surface area (Å²) in [5.74, 6) is 2.63. The van der Waals surface area contributed by atoms with Crippen LogP contribution in [0.15, 0.2) is 33.5 Å². The van der Waals surface area contributed by atoms with Gasteiger partial charge in [-0.25, -0.2) is 4.79 Å². The van der Waals surface area contributed by atoms with Crippen molar-refractivity contribution in [3.8, 4) is 5.75 Å². The van der Waals surface area contributed by atoms with Gasteiger partial charge < -0.3 is 9.15 Å². The van der Waals surface area contributed by atoms with Crippen molar-refractivity contribution in [2.45, 2.75) is 59.8 Å². The van der Waals surface area contributed by atoms with Gasteiger partial charge in [0.15, 0.2) is 0 Å². The summed E-state index contributed by atoms with van der Waals surface area (Å²) in [4.78, 5) is 11.4. The highest BCUT2D eigenvalue weighted by Gasteiger charge is 2.21. The first kappa shape index (κ1) is 20.6. The number of ether oxygens (including phenoxy) is 1. The number of benzene rings is 1. The van der Waals surface area contributed by atoms with Crippen LogP contribution in [0.4, 0.5) is 0 Å². The summed E-state index contributed by atoms with van der Waals surface area (Å²) in [6.45, 7) is 12.2. The van der Waals surface area contributed by atoms with E-state index in [0.717, 1.165) is 28.9 Å². The molecule has 3 rings (SSSR count). The first-order chi connectivity index (χ1) is 11.6. The van der Waals surface area contributed by atoms with Gasteiger partial charge in [0.2, 0.25) is 0 Å². The Bertz CT molecular complexity index is 678. The molecule has 4 heteroatoms. The molecule has 0 bridgehead atoms. The van der Waals surface area contributed by atoms with Crippen molar-refractivity contribution >= 4 is 22.7 Å². The fourth-order valence-corrected chi connectivity index (χ4v) is 3.97. The van der Waals surface area contributed by atoms with Crippen molar-refractivity contribution < 1.29 is 9.15 Å². The van der Waals surface area contributed by atoms with E-state index in [4.69, 9.17) is 9.15 Å². The molecule has 0 spiro atoms. The number of thioether (sulfide) groups is 1. The first-order valence-electron chi connectivity index (χ1n) is 8.94. The van der Waals surface area contributed by atoms with Gasteiger partial charge in [-0.05, 0) is 49.1 Å². The number of rotatable bonds is 2. The third-order valence-corrected chi connectivity index (χ3v) is 4.83. The van der Waals surface area contributed by atoms with Crippen molar-refractivity contribution in [2.75, 3.05) is 5.75 Å². The smallest absolute Gasteiger partial charge is 0.336 e. The molecule has 0 aliphatic carbocycles. The van der Waals surface area contributed by atoms with Gasteiger partial charge in [0.25, 0.3) is 0 Å². The lowest BCUT2D eigenvalue weighted by Gasteiger charge is -2.26. The van der Waals surface area contributed by atoms with E-state index in [2.05, 4.69) is 6.92 Å². The highest BCUT2D eigenvalue weighted by Crippen LogP contribution is 2.32. The minimum Gasteiger partial charge on any atom is -0.480 e. The summed E-state index contributed by atoms with van der Waals surface area (Å²) in [5, 5.41) is 0.960. The highest BCUT2D eigenvalue weighted by molar-refractivity contribution is 7.99. The van der Waals surface area contributed by atoms with Crippen LogP contribution in [0.3, 0.4) is 0 Å². The molecule has 0 N–H and O–H groups in total. The van der Waals surface area contributed by atoms with Gasteiger partial charge in [0.05, 0.1) is 0 Å². The van der Waals surface area contributed by atoms with Crippen LogP contribution < -0.4 is 10.4 Å². The normalized spacial score (nSPS) is 19.6. The Labute approximate surface area is 149 Å². The second-order valence-electron chi connectivity index (χ2n) is 5.45. The number of hydrogen-bond acceptors (Lipinski definition) is 4. The van der Waals surface area contributed by atoms with Crippen LogP contribution in [0.5, 0.6) is 5.75 Å². The summed E-state index contributed by atoms with van der Waals surface area (Å²) in [7, 11) is 0. The molecular formula is C20H30O3S. The molecule has 24 heavy (non-hydrogen) atoms. The Morgan fingerprint density at radius 3 is 2.54 bits per heavy atom. The van der Waals surface area contributed by atoms with Gasteiger partial charge in [0, 0.05) is 17.5 Å². The third-order valence-electron chi connectivity index (χ3n) is 3.70. The van der Waals surface area contributed by atoms with E-state index >= 15 is 0 Å². The average molecular weight is 351 g/mol. The summed E-state index contributed by atoms with van der Waals surface area (Å²) >= 11 is 1.86. The molecule has 1 saturated heterocycles. The Kier molecular flexibility index (Phi) is 8.98. The molecule has 2 heterocycles. The topological polar surface area (TPSA) is 39.4 Å². The van der Waals surface area contributed by atoms with Crippen LogP contribution in [0.25, 0.3) is 11.0 Å². The summed E-state index contributed by atoms with van der Waals surface area (Å²) in [5.41, 5.74) is 1.42. The predicted octanol–water partition coefficient (Wildman–Crippen LogP) is 6.02. The fourth-order valence-electron chi connectivity index (χ4n) is 2.53. The Balaban J connectivity index is 0.000000671. The number of hydrogen-bond donors (Lipinski definition) is 0. The molecular weight excluding hydrogens is 320 g/mol. The van der Waals surface area contributed by atoms with E-state index in [0.29, 0.717) is 11.5 Å². The first-order valence-corrected chi connectivity index (χ1v) is 9.99.